The van der Waals surface area contributed by atoms with E-state index in [0.717, 1.165) is 18.7 Å². The van der Waals surface area contributed by atoms with Crippen molar-refractivity contribution in [1.82, 2.24) is 4.90 Å². The highest BCUT2D eigenvalue weighted by atomic mass is 35.5. The predicted octanol–water partition coefficient (Wildman–Crippen LogP) is 4.37. The van der Waals surface area contributed by atoms with Crippen LogP contribution in [0.2, 0.25) is 0 Å². The molecule has 0 unspecified atom stereocenters. The summed E-state index contributed by atoms with van der Waals surface area (Å²) in [5.41, 5.74) is 2.47. The van der Waals surface area contributed by atoms with E-state index in [1.165, 1.54) is 11.1 Å². The van der Waals surface area contributed by atoms with Crippen molar-refractivity contribution >= 4 is 11.6 Å². The molecule has 0 saturated heterocycles. The topological polar surface area (TPSA) is 12.5 Å². The zero-order valence-electron chi connectivity index (χ0n) is 13.3. The Morgan fingerprint density at radius 3 is 2.27 bits per heavy atom. The van der Waals surface area contributed by atoms with E-state index < -0.39 is 0 Å². The third-order valence-corrected chi connectivity index (χ3v) is 4.30. The molecule has 0 bridgehead atoms. The Hall–Kier alpha value is -1.51. The maximum absolute atomic E-state index is 6.07. The van der Waals surface area contributed by atoms with Crippen molar-refractivity contribution in [1.29, 1.82) is 0 Å². The molecule has 118 valence electrons. The summed E-state index contributed by atoms with van der Waals surface area (Å²) in [6, 6.07) is 18.9. The summed E-state index contributed by atoms with van der Waals surface area (Å²) in [6.45, 7) is 3.76. The van der Waals surface area contributed by atoms with Gasteiger partial charge in [0.1, 0.15) is 12.4 Å². The van der Waals surface area contributed by atoms with E-state index in [1.807, 2.05) is 30.3 Å². The van der Waals surface area contributed by atoms with Crippen molar-refractivity contribution in [2.45, 2.75) is 26.0 Å². The van der Waals surface area contributed by atoms with Gasteiger partial charge >= 0.3 is 0 Å². The number of ether oxygens (including phenoxy) is 1. The zero-order chi connectivity index (χ0) is 15.8. The van der Waals surface area contributed by atoms with E-state index in [-0.39, 0.29) is 0 Å². The standard InChI is InChI=1S/C19H24ClNO/c1-3-21(2)18(14-20)13-16-9-11-19(12-10-16)22-15-17-7-5-4-6-8-17/h4-12,18H,3,13-15H2,1-2H3/t18-/m0/s1. The molecule has 2 nitrogen and oxygen atoms in total. The first-order valence-electron chi connectivity index (χ1n) is 7.74. The molecule has 0 aliphatic rings. The first-order valence-corrected chi connectivity index (χ1v) is 8.28. The van der Waals surface area contributed by atoms with Crippen molar-refractivity contribution in [3.8, 4) is 5.75 Å². The molecular weight excluding hydrogens is 294 g/mol. The number of halogens is 1. The van der Waals surface area contributed by atoms with Crippen molar-refractivity contribution in [3.63, 3.8) is 0 Å². The minimum atomic E-state index is 0.378. The van der Waals surface area contributed by atoms with Crippen molar-refractivity contribution in [2.75, 3.05) is 19.5 Å². The molecular formula is C19H24ClNO. The van der Waals surface area contributed by atoms with Crippen LogP contribution in [-0.4, -0.2) is 30.4 Å². The summed E-state index contributed by atoms with van der Waals surface area (Å²) in [6.07, 6.45) is 0.965. The second-order valence-electron chi connectivity index (χ2n) is 5.50. The molecule has 0 spiro atoms. The predicted molar refractivity (Wildman–Crippen MR) is 93.7 cm³/mol. The van der Waals surface area contributed by atoms with Gasteiger partial charge in [0, 0.05) is 11.9 Å². The van der Waals surface area contributed by atoms with Gasteiger partial charge in [-0.1, -0.05) is 49.4 Å². The van der Waals surface area contributed by atoms with E-state index in [1.54, 1.807) is 0 Å². The number of nitrogens with zero attached hydrogens (tertiary/aromatic N) is 1. The lowest BCUT2D eigenvalue weighted by Gasteiger charge is -2.25. The second-order valence-corrected chi connectivity index (χ2v) is 5.81. The maximum Gasteiger partial charge on any atom is 0.119 e. The number of rotatable bonds is 8. The van der Waals surface area contributed by atoms with Crippen LogP contribution in [0.5, 0.6) is 5.75 Å². The minimum absolute atomic E-state index is 0.378. The summed E-state index contributed by atoms with van der Waals surface area (Å²) in [7, 11) is 2.12. The van der Waals surface area contributed by atoms with Crippen molar-refractivity contribution < 1.29 is 4.74 Å². The van der Waals surface area contributed by atoms with Crippen LogP contribution in [0.15, 0.2) is 54.6 Å². The highest BCUT2D eigenvalue weighted by molar-refractivity contribution is 6.18. The average Bonchev–Trinajstić information content (AvgIpc) is 2.59. The van der Waals surface area contributed by atoms with Crippen LogP contribution in [0.1, 0.15) is 18.1 Å². The Morgan fingerprint density at radius 2 is 1.68 bits per heavy atom. The van der Waals surface area contributed by atoms with Gasteiger partial charge in [-0.05, 0) is 43.3 Å². The molecule has 1 atom stereocenters. The smallest absolute Gasteiger partial charge is 0.119 e. The largest absolute Gasteiger partial charge is 0.489 e. The van der Waals surface area contributed by atoms with Crippen molar-refractivity contribution in [2.24, 2.45) is 0 Å². The minimum Gasteiger partial charge on any atom is -0.489 e. The first kappa shape index (κ1) is 16.9. The highest BCUT2D eigenvalue weighted by Crippen LogP contribution is 2.16. The fourth-order valence-electron chi connectivity index (χ4n) is 2.32. The van der Waals surface area contributed by atoms with Crippen LogP contribution in [0, 0.1) is 0 Å². The summed E-state index contributed by atoms with van der Waals surface area (Å²) >= 11 is 6.07. The van der Waals surface area contributed by atoms with Gasteiger partial charge in [-0.25, -0.2) is 0 Å². The molecule has 0 saturated carbocycles. The average molecular weight is 318 g/mol. The van der Waals surface area contributed by atoms with Crippen LogP contribution in [0.3, 0.4) is 0 Å². The molecule has 22 heavy (non-hydrogen) atoms. The summed E-state index contributed by atoms with van der Waals surface area (Å²) < 4.78 is 5.81. The van der Waals surface area contributed by atoms with Crippen LogP contribution in [0.4, 0.5) is 0 Å². The molecule has 0 aliphatic carbocycles. The number of alkyl halides is 1. The molecule has 2 aromatic carbocycles. The fraction of sp³-hybridized carbons (Fsp3) is 0.368. The third kappa shape index (κ3) is 5.04. The molecule has 0 aliphatic heterocycles. The highest BCUT2D eigenvalue weighted by Gasteiger charge is 2.12. The van der Waals surface area contributed by atoms with Gasteiger partial charge in [0.15, 0.2) is 0 Å². The Balaban J connectivity index is 1.89. The van der Waals surface area contributed by atoms with E-state index >= 15 is 0 Å². The summed E-state index contributed by atoms with van der Waals surface area (Å²) in [5, 5.41) is 0. The van der Waals surface area contributed by atoms with Gasteiger partial charge in [0.25, 0.3) is 0 Å². The van der Waals surface area contributed by atoms with Crippen LogP contribution >= 0.6 is 11.6 Å². The number of hydrogen-bond acceptors (Lipinski definition) is 2. The van der Waals surface area contributed by atoms with Gasteiger partial charge in [0.05, 0.1) is 0 Å². The molecule has 2 aromatic rings. The van der Waals surface area contributed by atoms with E-state index in [0.29, 0.717) is 18.5 Å². The maximum atomic E-state index is 6.07. The lowest BCUT2D eigenvalue weighted by Crippen LogP contribution is -2.34. The molecule has 0 fully saturated rings. The molecule has 0 aromatic heterocycles. The molecule has 0 N–H and O–H groups in total. The van der Waals surface area contributed by atoms with Gasteiger partial charge in [-0.15, -0.1) is 11.6 Å². The Kier molecular flexibility index (Phi) is 6.75. The Labute approximate surface area is 138 Å². The molecule has 2 rings (SSSR count). The number of likely N-dealkylation sites (N-methyl/N-ethyl adjacent to an activating group) is 1. The van der Waals surface area contributed by atoms with E-state index in [2.05, 4.69) is 43.1 Å². The normalized spacial score (nSPS) is 12.4. The van der Waals surface area contributed by atoms with Gasteiger partial charge in [-0.3, -0.25) is 0 Å². The Morgan fingerprint density at radius 1 is 1.00 bits per heavy atom. The summed E-state index contributed by atoms with van der Waals surface area (Å²) in [5.74, 6) is 1.55. The quantitative estimate of drug-likeness (QED) is 0.670. The van der Waals surface area contributed by atoms with Crippen LogP contribution in [-0.2, 0) is 13.0 Å². The lowest BCUT2D eigenvalue weighted by molar-refractivity contribution is 0.272. The van der Waals surface area contributed by atoms with E-state index in [9.17, 15) is 0 Å². The fourth-order valence-corrected chi connectivity index (χ4v) is 2.67. The van der Waals surface area contributed by atoms with Crippen LogP contribution in [0.25, 0.3) is 0 Å². The number of benzene rings is 2. The monoisotopic (exact) mass is 317 g/mol. The van der Waals surface area contributed by atoms with Crippen LogP contribution < -0.4 is 4.74 Å². The second kappa shape index (κ2) is 8.82. The van der Waals surface area contributed by atoms with Crippen molar-refractivity contribution in [3.05, 3.63) is 65.7 Å². The number of hydrogen-bond donors (Lipinski definition) is 0. The SMILES string of the molecule is CCN(C)[C@H](CCl)Cc1ccc(OCc2ccccc2)cc1. The molecule has 0 amide bonds. The van der Waals surface area contributed by atoms with E-state index in [4.69, 9.17) is 16.3 Å². The lowest BCUT2D eigenvalue weighted by atomic mass is 10.1. The first-order chi connectivity index (χ1) is 10.7. The molecule has 0 radical (unpaired) electrons. The molecule has 0 heterocycles. The zero-order valence-corrected chi connectivity index (χ0v) is 14.1. The molecule has 3 heteroatoms. The summed E-state index contributed by atoms with van der Waals surface area (Å²) in [4.78, 5) is 2.28. The van der Waals surface area contributed by atoms with Gasteiger partial charge in [0.2, 0.25) is 0 Å². The third-order valence-electron chi connectivity index (χ3n) is 3.94. The Bertz CT molecular complexity index is 541. The van der Waals surface area contributed by atoms with Gasteiger partial charge in [-0.2, -0.15) is 0 Å². The van der Waals surface area contributed by atoms with Gasteiger partial charge < -0.3 is 9.64 Å².